The van der Waals surface area contributed by atoms with Crippen molar-refractivity contribution in [2.45, 2.75) is 77.6 Å². The van der Waals surface area contributed by atoms with Gasteiger partial charge in [-0.1, -0.05) is 32.6 Å². The van der Waals surface area contributed by atoms with Gasteiger partial charge in [-0.05, 0) is 27.2 Å². The molecule has 126 valence electrons. The van der Waals surface area contributed by atoms with Crippen molar-refractivity contribution in [2.75, 3.05) is 0 Å². The van der Waals surface area contributed by atoms with Crippen LogP contribution in [0.4, 0.5) is 0 Å². The molecule has 0 saturated heterocycles. The number of hydrogen-bond donors (Lipinski definition) is 0. The first-order chi connectivity index (χ1) is 10.3. The topological polar surface area (TPSA) is 99.1 Å². The number of amides is 1. The molecule has 0 N–H and O–H groups in total. The van der Waals surface area contributed by atoms with E-state index in [-0.39, 0.29) is 6.47 Å². The van der Waals surface area contributed by atoms with Crippen LogP contribution >= 0.6 is 0 Å². The molecular weight excluding hydrogens is 290 g/mol. The van der Waals surface area contributed by atoms with Crippen LogP contribution in [0.25, 0.3) is 0 Å². The summed E-state index contributed by atoms with van der Waals surface area (Å²) in [7, 11) is 0. The van der Waals surface area contributed by atoms with Gasteiger partial charge in [-0.25, -0.2) is 0 Å². The lowest BCUT2D eigenvalue weighted by Gasteiger charge is -2.29. The summed E-state index contributed by atoms with van der Waals surface area (Å²) in [6.07, 6.45) is 1.93. The number of carbonyl (C=O) groups excluding carboxylic acids is 3. The lowest BCUT2D eigenvalue weighted by molar-refractivity contribution is -0.165. The fourth-order valence-corrected chi connectivity index (χ4v) is 2.10. The monoisotopic (exact) mass is 315 g/mol. The van der Waals surface area contributed by atoms with Crippen molar-refractivity contribution >= 4 is 18.2 Å². The van der Waals surface area contributed by atoms with E-state index in [4.69, 9.17) is 4.74 Å². The maximum Gasteiger partial charge on any atom is 0.314 e. The summed E-state index contributed by atoms with van der Waals surface area (Å²) >= 11 is 0. The van der Waals surface area contributed by atoms with Crippen LogP contribution in [0, 0.1) is 4.91 Å². The Balaban J connectivity index is 4.80. The fourth-order valence-electron chi connectivity index (χ4n) is 2.10. The van der Waals surface area contributed by atoms with Gasteiger partial charge in [0.15, 0.2) is 6.10 Å². The average Bonchev–Trinajstić information content (AvgIpc) is 2.48. The van der Waals surface area contributed by atoms with Gasteiger partial charge in [0.1, 0.15) is 11.7 Å². The quantitative estimate of drug-likeness (QED) is 0.312. The lowest BCUT2D eigenvalue weighted by atomic mass is 9.98. The molecule has 0 bridgehead atoms. The first-order valence-electron chi connectivity index (χ1n) is 7.48. The zero-order valence-electron chi connectivity index (χ0n) is 13.7. The molecule has 0 aromatic rings. The van der Waals surface area contributed by atoms with Gasteiger partial charge in [-0.2, -0.15) is 0 Å². The number of ketones is 1. The van der Waals surface area contributed by atoms with E-state index >= 15 is 0 Å². The van der Waals surface area contributed by atoms with E-state index in [0.29, 0.717) is 12.8 Å². The molecule has 0 fully saturated rings. The molecule has 22 heavy (non-hydrogen) atoms. The molecule has 0 aromatic heterocycles. The third-order valence-corrected chi connectivity index (χ3v) is 3.34. The van der Waals surface area contributed by atoms with Crippen molar-refractivity contribution in [3.8, 4) is 0 Å². The van der Waals surface area contributed by atoms with Crippen LogP contribution in [0.5, 0.6) is 0 Å². The van der Waals surface area contributed by atoms with E-state index in [1.54, 1.807) is 0 Å². The van der Waals surface area contributed by atoms with E-state index in [1.807, 2.05) is 0 Å². The summed E-state index contributed by atoms with van der Waals surface area (Å²) in [5.74, 6) is -1.42. The average molecular weight is 315 g/mol. The maximum absolute atomic E-state index is 12.1. The van der Waals surface area contributed by atoms with Gasteiger partial charge < -0.3 is 9.47 Å². The van der Waals surface area contributed by atoms with Crippen molar-refractivity contribution in [2.24, 2.45) is 5.18 Å². The van der Waals surface area contributed by atoms with Crippen molar-refractivity contribution in [3.63, 3.8) is 0 Å². The predicted octanol–water partition coefficient (Wildman–Crippen LogP) is 2.54. The Morgan fingerprint density at radius 3 is 2.36 bits per heavy atom. The minimum absolute atomic E-state index is 0.180. The van der Waals surface area contributed by atoms with E-state index in [1.165, 1.54) is 20.8 Å². The molecule has 7 heteroatoms. The Morgan fingerprint density at radius 2 is 1.86 bits per heavy atom. The van der Waals surface area contributed by atoms with E-state index in [0.717, 1.165) is 19.3 Å². The molecule has 2 unspecified atom stereocenters. The predicted molar refractivity (Wildman–Crippen MR) is 80.1 cm³/mol. The smallest absolute Gasteiger partial charge is 0.314 e. The molecule has 0 saturated carbocycles. The number of nitroso groups, excluding NO2 is 1. The first-order valence-corrected chi connectivity index (χ1v) is 7.48. The summed E-state index contributed by atoms with van der Waals surface area (Å²) in [6.45, 7) is 6.59. The van der Waals surface area contributed by atoms with Gasteiger partial charge in [-0.15, -0.1) is 4.91 Å². The third-order valence-electron chi connectivity index (χ3n) is 3.34. The zero-order chi connectivity index (χ0) is 17.2. The highest BCUT2D eigenvalue weighted by molar-refractivity contribution is 5.91. The van der Waals surface area contributed by atoms with E-state index in [9.17, 15) is 19.3 Å². The van der Waals surface area contributed by atoms with Gasteiger partial charge in [0.2, 0.25) is 5.78 Å². The van der Waals surface area contributed by atoms with Crippen LogP contribution < -0.4 is 0 Å². The molecule has 0 radical (unpaired) electrons. The second kappa shape index (κ2) is 10.2. The Labute approximate surface area is 130 Å². The summed E-state index contributed by atoms with van der Waals surface area (Å²) < 4.78 is 10.1. The molecule has 0 aromatic carbocycles. The molecule has 0 aliphatic heterocycles. The Hall–Kier alpha value is -1.63. The molecule has 0 aliphatic rings. The highest BCUT2D eigenvalue weighted by Gasteiger charge is 2.37. The SMILES string of the molecule is CCCCCCC(OC(C)(C)C(=O)C(C)OC=O)C(=O)N=O. The minimum Gasteiger partial charge on any atom is -0.457 e. The highest BCUT2D eigenvalue weighted by Crippen LogP contribution is 2.21. The number of hydrogen-bond acceptors (Lipinski definition) is 6. The normalized spacial score (nSPS) is 14.0. The van der Waals surface area contributed by atoms with Crippen LogP contribution in [0.3, 0.4) is 0 Å². The second-order valence-corrected chi connectivity index (χ2v) is 5.63. The van der Waals surface area contributed by atoms with Gasteiger partial charge in [0, 0.05) is 5.18 Å². The summed E-state index contributed by atoms with van der Waals surface area (Å²) in [6, 6.07) is 0. The summed E-state index contributed by atoms with van der Waals surface area (Å²) in [5.41, 5.74) is -1.36. The zero-order valence-corrected chi connectivity index (χ0v) is 13.7. The number of unbranched alkanes of at least 4 members (excludes halogenated alkanes) is 3. The number of Topliss-reactive ketones (excluding diaryl/α,β-unsaturated/α-hetero) is 1. The first kappa shape index (κ1) is 20.4. The molecule has 0 aliphatic carbocycles. The Bertz CT molecular complexity index is 393. The molecule has 7 nitrogen and oxygen atoms in total. The second-order valence-electron chi connectivity index (χ2n) is 5.63. The highest BCUT2D eigenvalue weighted by atomic mass is 16.5. The van der Waals surface area contributed by atoms with E-state index < -0.39 is 29.5 Å². The van der Waals surface area contributed by atoms with Crippen LogP contribution in [0.15, 0.2) is 5.18 Å². The minimum atomic E-state index is -1.36. The van der Waals surface area contributed by atoms with Crippen LogP contribution in [0.2, 0.25) is 0 Å². The summed E-state index contributed by atoms with van der Waals surface area (Å²) in [4.78, 5) is 44.5. The van der Waals surface area contributed by atoms with Gasteiger partial charge in [-0.3, -0.25) is 14.4 Å². The van der Waals surface area contributed by atoms with Crippen LogP contribution in [0.1, 0.15) is 59.8 Å². The van der Waals surface area contributed by atoms with Crippen molar-refractivity contribution in [1.29, 1.82) is 0 Å². The molecule has 0 spiro atoms. The van der Waals surface area contributed by atoms with Crippen molar-refractivity contribution in [3.05, 3.63) is 4.91 Å². The lowest BCUT2D eigenvalue weighted by Crippen LogP contribution is -2.46. The number of carbonyl (C=O) groups is 3. The molecular formula is C15H25NO6. The van der Waals surface area contributed by atoms with Gasteiger partial charge in [0.05, 0.1) is 0 Å². The Morgan fingerprint density at radius 1 is 1.23 bits per heavy atom. The number of rotatable bonds is 12. The van der Waals surface area contributed by atoms with Crippen LogP contribution in [-0.2, 0) is 23.9 Å². The standard InChI is InChI=1S/C15H25NO6/c1-5-6-7-8-9-12(14(19)16-20)22-15(3,4)13(18)11(2)21-10-17/h10-12H,5-9H2,1-4H3. The number of nitrogens with zero attached hydrogens (tertiary/aromatic N) is 1. The van der Waals surface area contributed by atoms with Crippen LogP contribution in [-0.4, -0.2) is 36.0 Å². The fraction of sp³-hybridized carbons (Fsp3) is 0.800. The van der Waals surface area contributed by atoms with E-state index in [2.05, 4.69) is 16.8 Å². The van der Waals surface area contributed by atoms with Crippen molar-refractivity contribution < 1.29 is 23.9 Å². The number of ether oxygens (including phenoxy) is 2. The Kier molecular flexibility index (Phi) is 9.40. The molecule has 1 amide bonds. The maximum atomic E-state index is 12.1. The summed E-state index contributed by atoms with van der Waals surface area (Å²) in [5, 5.41) is 2.40. The van der Waals surface area contributed by atoms with Gasteiger partial charge in [0.25, 0.3) is 6.47 Å². The van der Waals surface area contributed by atoms with Crippen molar-refractivity contribution in [1.82, 2.24) is 0 Å². The molecule has 0 rings (SSSR count). The molecule has 2 atom stereocenters. The molecule has 0 heterocycles. The largest absolute Gasteiger partial charge is 0.457 e. The van der Waals surface area contributed by atoms with Gasteiger partial charge >= 0.3 is 5.91 Å². The third kappa shape index (κ3) is 6.89.